The molecule has 2 heterocycles. The van der Waals surface area contributed by atoms with E-state index in [1.807, 2.05) is 85.8 Å². The number of benzene rings is 8. The maximum atomic E-state index is 11.8. The zero-order valence-corrected chi connectivity index (χ0v) is 62.8. The lowest BCUT2D eigenvalue weighted by molar-refractivity contribution is 0.0696. The van der Waals surface area contributed by atoms with Crippen molar-refractivity contribution in [2.45, 2.75) is 58.3 Å². The molecule has 510 valence electrons. The van der Waals surface area contributed by atoms with Gasteiger partial charge >= 0.3 is 5.97 Å². The van der Waals surface area contributed by atoms with Gasteiger partial charge in [0.05, 0.1) is 116 Å². The van der Waals surface area contributed by atoms with Crippen LogP contribution in [0.2, 0.25) is 20.1 Å². The highest BCUT2D eigenvalue weighted by Crippen LogP contribution is 2.41. The predicted octanol–water partition coefficient (Wildman–Crippen LogP) is 18.5. The first-order valence-electron chi connectivity index (χ1n) is 30.8. The van der Waals surface area contributed by atoms with Crippen LogP contribution < -0.4 is 47.7 Å². The standard InChI is InChI=1S/C21H24BrNO5.C20H24BrNO3.C17H13BrCl2O2.C17H18Cl2O2/c1-26-19-13-15(12-17(22)20(19)27-2)4-3-14-5-6-18(16(11-14)21(24)25)23-7-9-28-10-8-23;1-23-19-14-16(13-18(21)20(19)24-2)4-3-15-5-7-17(8-6-15)22-9-11-25-12-10-22;1-3-22-17-13(18)8-12(10-16(17)21-2)5-4-11-6-7-14(19)15(20)9-11;1-11-4-5-12(8-14(11)18)6-7-13-9-15(19)17(21-3)16(10-13)20-2/h5-6,11-13H,3-4,7-10H2,1-2H3,(H,24,25);5-8,13-14H,3-4,9-12H2,1-2H3;1,6-10H,4-5H2,2H3;4-5,8-10H,6-7H2,1-3H3. The molecule has 0 radical (unpaired) electrons. The van der Waals surface area contributed by atoms with Crippen LogP contribution in [-0.2, 0) is 60.8 Å². The number of hydrogen-bond acceptors (Lipinski definition) is 13. The van der Waals surface area contributed by atoms with E-state index in [-0.39, 0.29) is 0 Å². The second kappa shape index (κ2) is 39.0. The molecule has 0 bridgehead atoms. The second-order valence-electron chi connectivity index (χ2n) is 22.1. The van der Waals surface area contributed by atoms with Crippen LogP contribution in [0, 0.1) is 19.5 Å². The van der Waals surface area contributed by atoms with Crippen LogP contribution in [0.5, 0.6) is 46.0 Å². The molecule has 0 aromatic heterocycles. The number of anilines is 2. The molecule has 96 heavy (non-hydrogen) atoms. The zero-order chi connectivity index (χ0) is 69.3. The summed E-state index contributed by atoms with van der Waals surface area (Å²) in [7, 11) is 11.3. The molecule has 0 spiro atoms. The number of ether oxygens (including phenoxy) is 10. The molecule has 14 nitrogen and oxygen atoms in total. The third kappa shape index (κ3) is 22.2. The van der Waals surface area contributed by atoms with Crippen LogP contribution in [-0.4, -0.2) is 113 Å². The summed E-state index contributed by atoms with van der Waals surface area (Å²) in [5, 5.41) is 12.2. The Balaban J connectivity index is 0.000000182. The van der Waals surface area contributed by atoms with Gasteiger partial charge in [-0.05, 0) is 247 Å². The van der Waals surface area contributed by atoms with E-state index < -0.39 is 5.97 Å². The molecule has 2 aliphatic rings. The topological polar surface area (TPSA) is 136 Å². The number of carboxylic acid groups (broad SMARTS) is 1. The summed E-state index contributed by atoms with van der Waals surface area (Å²) >= 11 is 34.8. The molecular formula is C75H79Br3Cl4N2O12. The summed E-state index contributed by atoms with van der Waals surface area (Å²) in [6.07, 6.45) is 14.2. The molecule has 0 saturated carbocycles. The van der Waals surface area contributed by atoms with E-state index in [4.69, 9.17) is 100 Å². The van der Waals surface area contributed by atoms with Gasteiger partial charge in [-0.15, -0.1) is 0 Å². The lowest BCUT2D eigenvalue weighted by atomic mass is 10.0. The van der Waals surface area contributed by atoms with Crippen molar-refractivity contribution in [2.75, 3.05) is 112 Å². The molecule has 8 aromatic carbocycles. The molecule has 2 fully saturated rings. The van der Waals surface area contributed by atoms with E-state index in [2.05, 4.69) is 100 Å². The minimum absolute atomic E-state index is 0.341. The van der Waals surface area contributed by atoms with Gasteiger partial charge in [0.1, 0.15) is 6.11 Å². The fraction of sp³-hybridized carbons (Fsp3) is 0.320. The highest BCUT2D eigenvalue weighted by molar-refractivity contribution is 9.11. The Labute approximate surface area is 609 Å². The van der Waals surface area contributed by atoms with Crippen LogP contribution in [0.4, 0.5) is 11.4 Å². The number of aryl methyl sites for hydroxylation is 9. The van der Waals surface area contributed by atoms with Crippen molar-refractivity contribution in [3.05, 3.63) is 217 Å². The number of terminal acetylenes is 1. The zero-order valence-electron chi connectivity index (χ0n) is 55.0. The molecular weight excluding hydrogens is 1500 g/mol. The Hall–Kier alpha value is -6.69. The van der Waals surface area contributed by atoms with Gasteiger partial charge in [-0.1, -0.05) is 89.2 Å². The van der Waals surface area contributed by atoms with Crippen molar-refractivity contribution in [3.8, 4) is 58.5 Å². The molecule has 8 aromatic rings. The number of morpholine rings is 2. The van der Waals surface area contributed by atoms with Gasteiger partial charge in [0.15, 0.2) is 46.0 Å². The van der Waals surface area contributed by atoms with Crippen molar-refractivity contribution in [1.82, 2.24) is 0 Å². The smallest absolute Gasteiger partial charge is 0.337 e. The maximum Gasteiger partial charge on any atom is 0.337 e. The van der Waals surface area contributed by atoms with Gasteiger partial charge in [0, 0.05) is 36.9 Å². The highest BCUT2D eigenvalue weighted by Gasteiger charge is 2.21. The van der Waals surface area contributed by atoms with Gasteiger partial charge in [-0.2, -0.15) is 0 Å². The van der Waals surface area contributed by atoms with Gasteiger partial charge in [0.2, 0.25) is 0 Å². The van der Waals surface area contributed by atoms with E-state index in [9.17, 15) is 9.90 Å². The summed E-state index contributed by atoms with van der Waals surface area (Å²) in [5.74, 6) is 4.24. The number of aromatic carboxylic acids is 1. The third-order valence-corrected chi connectivity index (χ3v) is 19.1. The largest absolute Gasteiger partial charge is 0.493 e. The van der Waals surface area contributed by atoms with Crippen LogP contribution in [0.25, 0.3) is 0 Å². The third-order valence-electron chi connectivity index (χ3n) is 15.9. The molecule has 21 heteroatoms. The Morgan fingerprint density at radius 2 is 0.812 bits per heavy atom. The lowest BCUT2D eigenvalue weighted by Gasteiger charge is -2.30. The summed E-state index contributed by atoms with van der Waals surface area (Å²) in [6, 6.07) is 42.2. The average molecular weight is 1580 g/mol. The fourth-order valence-electron chi connectivity index (χ4n) is 10.7. The van der Waals surface area contributed by atoms with Gasteiger partial charge < -0.3 is 62.3 Å². The van der Waals surface area contributed by atoms with E-state index in [1.54, 1.807) is 61.9 Å². The van der Waals surface area contributed by atoms with Crippen LogP contribution in [0.3, 0.4) is 0 Å². The highest BCUT2D eigenvalue weighted by atomic mass is 79.9. The molecule has 2 aliphatic heterocycles. The first-order chi connectivity index (χ1) is 46.3. The lowest BCUT2D eigenvalue weighted by Crippen LogP contribution is -2.37. The molecule has 0 amide bonds. The molecule has 2 saturated heterocycles. The summed E-state index contributed by atoms with van der Waals surface area (Å²) in [5.41, 5.74) is 12.6. The van der Waals surface area contributed by atoms with Gasteiger partial charge in [-0.3, -0.25) is 0 Å². The number of methoxy groups -OCH3 is 7. The van der Waals surface area contributed by atoms with Crippen LogP contribution >= 0.6 is 94.2 Å². The van der Waals surface area contributed by atoms with Crippen molar-refractivity contribution in [3.63, 3.8) is 0 Å². The normalized spacial score (nSPS) is 12.5. The van der Waals surface area contributed by atoms with E-state index in [0.29, 0.717) is 81.4 Å². The summed E-state index contributed by atoms with van der Waals surface area (Å²) in [4.78, 5) is 16.2. The minimum atomic E-state index is -0.905. The van der Waals surface area contributed by atoms with E-state index in [1.165, 1.54) is 22.4 Å². The number of nitrogens with zero attached hydrogens (tertiary/aromatic N) is 2. The van der Waals surface area contributed by atoms with E-state index in [0.717, 1.165) is 147 Å². The van der Waals surface area contributed by atoms with Crippen LogP contribution in [0.1, 0.15) is 60.4 Å². The molecule has 1 N–H and O–H groups in total. The Morgan fingerprint density at radius 3 is 1.26 bits per heavy atom. The molecule has 0 unspecified atom stereocenters. The molecule has 0 atom stereocenters. The number of carbonyl (C=O) groups is 1. The Bertz CT molecular complexity index is 3920. The summed E-state index contributed by atoms with van der Waals surface area (Å²) < 4.78 is 55.8. The SMILES string of the molecule is C#COc1c(Br)cc(CCc2ccc(Cl)c(Cl)c2)cc1OC.COc1cc(CCc2ccc(C)c(Cl)c2)cc(Cl)c1OC.COc1cc(CCc2ccc(N3CCOCC3)c(C(=O)O)c2)cc(Br)c1OC.COc1cc(CCc2ccc(N3CCOCC3)cc2)cc(Br)c1OC. The quantitative estimate of drug-likeness (QED) is 0.0608. The average Bonchev–Trinajstić information content (AvgIpc) is 0.918. The van der Waals surface area contributed by atoms with Gasteiger partial charge in [0.25, 0.3) is 0 Å². The fourth-order valence-corrected chi connectivity index (χ4v) is 13.5. The second-order valence-corrected chi connectivity index (χ2v) is 26.3. The first-order valence-corrected chi connectivity index (χ1v) is 34.7. The minimum Gasteiger partial charge on any atom is -0.493 e. The van der Waals surface area contributed by atoms with Crippen LogP contribution in [0.15, 0.2) is 141 Å². The maximum absolute atomic E-state index is 11.8. The molecule has 10 rings (SSSR count). The number of halogens is 7. The Kier molecular flexibility index (Phi) is 31.2. The monoisotopic (exact) mass is 1580 g/mol. The number of carboxylic acids is 1. The van der Waals surface area contributed by atoms with Gasteiger partial charge in [-0.25, -0.2) is 4.79 Å². The van der Waals surface area contributed by atoms with Crippen molar-refractivity contribution < 1.29 is 57.3 Å². The number of rotatable bonds is 23. The number of hydrogen-bond donors (Lipinski definition) is 1. The van der Waals surface area contributed by atoms with E-state index >= 15 is 0 Å². The predicted molar refractivity (Wildman–Crippen MR) is 397 cm³/mol. The first kappa shape index (κ1) is 76.7. The Morgan fingerprint density at radius 1 is 0.438 bits per heavy atom. The van der Waals surface area contributed by atoms with Crippen molar-refractivity contribution in [1.29, 1.82) is 0 Å². The van der Waals surface area contributed by atoms with Crippen molar-refractivity contribution >= 4 is 112 Å². The molecule has 0 aliphatic carbocycles. The summed E-state index contributed by atoms with van der Waals surface area (Å²) in [6.45, 7) is 8.23. The van der Waals surface area contributed by atoms with Crippen molar-refractivity contribution in [2.24, 2.45) is 0 Å².